The molecule has 1 atom stereocenters. The van der Waals surface area contributed by atoms with E-state index >= 15 is 0 Å². The van der Waals surface area contributed by atoms with Gasteiger partial charge in [-0.1, -0.05) is 13.8 Å². The molecule has 44 heavy (non-hydrogen) atoms. The van der Waals surface area contributed by atoms with Crippen LogP contribution in [0, 0.1) is 0 Å². The molecule has 0 aromatic heterocycles. The number of hydrogen-bond donors (Lipinski definition) is 2. The van der Waals surface area contributed by atoms with Crippen molar-refractivity contribution in [2.45, 2.75) is 71.9 Å². The van der Waals surface area contributed by atoms with Crippen LogP contribution < -0.4 is 10.6 Å². The van der Waals surface area contributed by atoms with Gasteiger partial charge in [0.2, 0.25) is 0 Å². The Hall–Kier alpha value is -2.71. The minimum absolute atomic E-state index is 0. The van der Waals surface area contributed by atoms with Crippen molar-refractivity contribution in [1.82, 2.24) is 20.6 Å². The molecule has 0 saturated carbocycles. The van der Waals surface area contributed by atoms with Gasteiger partial charge in [0.1, 0.15) is 11.9 Å². The average molecular weight is 883 g/mol. The quantitative estimate of drug-likeness (QED) is 0.0367. The molecule has 0 fully saturated rings. The number of hydrogen-bond acceptors (Lipinski definition) is 12. The van der Waals surface area contributed by atoms with Crippen LogP contribution in [0.15, 0.2) is 0 Å². The van der Waals surface area contributed by atoms with Gasteiger partial charge in [0.05, 0.1) is 66.0 Å². The first-order valence-electron chi connectivity index (χ1n) is 15.1. The standard InChI is InChI=1S/C13H27NO5.C12H23N2O3.C3H9NO.C2H6.Fm/c1-14(2)4-7-17-9-11-19-13-12-18-10-8-16-6-3-5-15;1-12(2,3)17-11(16)10(14-9-15)7-5-6-8-13-4;1-4(2)5-3;1-2;/h5H,3-4,6-13H2,1-2H3;10,13H,5-8H2,1-4H3,(H,14,15);1-3H3;1-2H3;/q;-1;;;. The third-order valence-electron chi connectivity index (χ3n) is 4.64. The van der Waals surface area contributed by atoms with Crippen molar-refractivity contribution in [3.8, 4) is 0 Å². The molecule has 0 bridgehead atoms. The van der Waals surface area contributed by atoms with Crippen molar-refractivity contribution in [2.75, 3.05) is 108 Å². The first-order chi connectivity index (χ1) is 20.4. The van der Waals surface area contributed by atoms with Crippen molar-refractivity contribution in [1.29, 1.82) is 0 Å². The maximum atomic E-state index is 11.7. The van der Waals surface area contributed by atoms with Crippen LogP contribution in [0.25, 0.3) is 0 Å². The molecule has 1 unspecified atom stereocenters. The van der Waals surface area contributed by atoms with E-state index < -0.39 is 17.6 Å². The van der Waals surface area contributed by atoms with Gasteiger partial charge in [-0.3, -0.25) is 0 Å². The van der Waals surface area contributed by atoms with E-state index in [2.05, 4.69) is 20.4 Å². The molecular weight excluding hydrogens is 817 g/mol. The number of amides is 1. The Morgan fingerprint density at radius 3 is 1.68 bits per heavy atom. The normalized spacial score (nSPS) is 11.0. The number of aldehydes is 1. The van der Waals surface area contributed by atoms with E-state index in [1.54, 1.807) is 39.4 Å². The summed E-state index contributed by atoms with van der Waals surface area (Å²) < 4.78 is 26.4. The zero-order valence-electron chi connectivity index (χ0n) is 29.4. The molecule has 0 aliphatic heterocycles. The molecule has 0 aliphatic rings. The number of likely N-dealkylation sites (N-methyl/N-ethyl adjacent to an activating group) is 1. The third kappa shape index (κ3) is 52.0. The number of carbonyl (C=O) groups excluding carboxylic acids is 3. The molecule has 0 saturated heterocycles. The molecule has 0 aromatic carbocycles. The van der Waals surface area contributed by atoms with Gasteiger partial charge in [-0.25, -0.2) is 4.79 Å². The summed E-state index contributed by atoms with van der Waals surface area (Å²) in [5, 5.41) is 7.03. The van der Waals surface area contributed by atoms with E-state index in [4.69, 9.17) is 23.7 Å². The van der Waals surface area contributed by atoms with E-state index in [1.807, 2.05) is 49.1 Å². The van der Waals surface area contributed by atoms with Gasteiger partial charge in [-0.2, -0.15) is 11.5 Å². The van der Waals surface area contributed by atoms with Crippen LogP contribution in [-0.4, -0.2) is 149 Å². The minimum Gasteiger partial charge on any atom is -0.520 e. The van der Waals surface area contributed by atoms with Crippen molar-refractivity contribution in [3.63, 3.8) is 0 Å². The molecule has 0 aromatic rings. The Balaban J connectivity index is -0.000000187. The number of nitrogens with zero attached hydrogens (tertiary/aromatic N) is 2. The predicted octanol–water partition coefficient (Wildman–Crippen LogP) is 2.08. The summed E-state index contributed by atoms with van der Waals surface area (Å²) in [6, 6.07) is -0.594. The molecule has 1 amide bonds. The number of esters is 1. The van der Waals surface area contributed by atoms with E-state index in [0.29, 0.717) is 59.1 Å². The predicted molar refractivity (Wildman–Crippen MR) is 171 cm³/mol. The van der Waals surface area contributed by atoms with Crippen molar-refractivity contribution >= 4 is 18.7 Å². The molecule has 272 valence electrons. The van der Waals surface area contributed by atoms with Gasteiger partial charge < -0.3 is 53.6 Å². The van der Waals surface area contributed by atoms with Gasteiger partial charge in [0.25, 0.3) is 0 Å². The number of rotatable bonds is 24. The summed E-state index contributed by atoms with van der Waals surface area (Å²) in [7, 11) is 11.2. The van der Waals surface area contributed by atoms with Gasteiger partial charge in [-0.15, -0.1) is 0 Å². The summed E-state index contributed by atoms with van der Waals surface area (Å²) in [6.45, 7) is 15.8. The maximum Gasteiger partial charge on any atom is 0.326 e. The maximum absolute atomic E-state index is 11.7. The summed E-state index contributed by atoms with van der Waals surface area (Å²) >= 11 is 0. The fraction of sp³-hybridized carbons (Fsp3) is 0.900. The van der Waals surface area contributed by atoms with Crippen LogP contribution in [0.2, 0.25) is 0 Å². The topological polar surface area (TPSA) is 137 Å². The third-order valence-corrected chi connectivity index (χ3v) is 4.64. The van der Waals surface area contributed by atoms with Crippen molar-refractivity contribution in [3.05, 3.63) is 0 Å². The Labute approximate surface area is 262 Å². The number of hydroxylamine groups is 2. The second-order valence-electron chi connectivity index (χ2n) is 10.1. The van der Waals surface area contributed by atoms with Crippen LogP contribution in [0.5, 0.6) is 0 Å². The summed E-state index contributed by atoms with van der Waals surface area (Å²) in [6.07, 6.45) is 5.22. The Morgan fingerprint density at radius 2 is 1.32 bits per heavy atom. The fourth-order valence-corrected chi connectivity index (χ4v) is 2.48. The van der Waals surface area contributed by atoms with Crippen LogP contribution in [0.1, 0.15) is 60.3 Å². The molecule has 2 N–H and O–H groups in total. The van der Waals surface area contributed by atoms with Crippen molar-refractivity contribution < 1.29 is 42.9 Å². The largest absolute Gasteiger partial charge is 0.520 e. The summed E-state index contributed by atoms with van der Waals surface area (Å²) in [4.78, 5) is 38.7. The molecule has 14 heteroatoms. The molecular formula is C30H65FmN4O9-. The second-order valence-corrected chi connectivity index (χ2v) is 10.1. The second kappa shape index (κ2) is 40.3. The van der Waals surface area contributed by atoms with E-state index in [1.165, 1.54) is 0 Å². The summed E-state index contributed by atoms with van der Waals surface area (Å²) in [5.41, 5.74) is -0.537. The molecule has 0 radical (unpaired) electrons. The molecule has 0 aliphatic carbocycles. The number of ether oxygens (including phenoxy) is 5. The van der Waals surface area contributed by atoms with Gasteiger partial charge in [0.15, 0.2) is 0 Å². The average Bonchev–Trinajstić information content (AvgIpc) is 2.95. The smallest absolute Gasteiger partial charge is 0.326 e. The van der Waals surface area contributed by atoms with Gasteiger partial charge in [0, 0.05) is 27.1 Å². The molecule has 0 spiro atoms. The van der Waals surface area contributed by atoms with E-state index in [0.717, 1.165) is 38.8 Å². The minimum atomic E-state index is -0.594. The van der Waals surface area contributed by atoms with Gasteiger partial charge in [-0.05, 0) is 67.7 Å². The Bertz CT molecular complexity index is 585. The van der Waals surface area contributed by atoms with E-state index in [-0.39, 0.29) is 0 Å². The van der Waals surface area contributed by atoms with Gasteiger partial charge >= 0.3 is 5.97 Å². The number of unbranched alkanes of at least 4 members (excludes halogenated alkanes) is 1. The first kappa shape index (κ1) is 50.9. The van der Waals surface area contributed by atoms with E-state index in [9.17, 15) is 14.4 Å². The zero-order valence-corrected chi connectivity index (χ0v) is 31.8. The van der Waals surface area contributed by atoms with Crippen molar-refractivity contribution in [2.24, 2.45) is 0 Å². The molecule has 13 nitrogen and oxygen atoms in total. The Morgan fingerprint density at radius 1 is 0.864 bits per heavy atom. The van der Waals surface area contributed by atoms with Crippen LogP contribution in [0.3, 0.4) is 0 Å². The van der Waals surface area contributed by atoms with Crippen LogP contribution in [-0.2, 0) is 42.9 Å². The van der Waals surface area contributed by atoms with Crippen LogP contribution >= 0.6 is 0 Å². The number of nitrogens with one attached hydrogen (secondary N) is 2. The first-order valence-corrected chi connectivity index (χ1v) is 15.1. The Kier molecular flexibility index (Phi) is 46.6. The van der Waals surface area contributed by atoms with Crippen LogP contribution in [0.4, 0.5) is 0 Å². The summed E-state index contributed by atoms with van der Waals surface area (Å²) in [5.74, 6) is -0.398. The molecule has 0 heterocycles. The number of carbonyl (C=O) groups is 2. The molecule has 0 rings (SSSR count). The fourth-order valence-electron chi connectivity index (χ4n) is 2.48. The zero-order chi connectivity index (χ0) is 33.8. The SMILES string of the molecule is CC.CN(C)CCOCCOCCOCCOCCC=O.CNCCCCC(N[C-]=O)C(=O)OC(C)(C)C.CON(C)C.[Fm]. The monoisotopic (exact) mass is 883 g/mol.